The number of methoxy groups -OCH3 is 1. The molecule has 102 valence electrons. The number of nitrogens with one attached hydrogen (secondary N) is 1. The van der Waals surface area contributed by atoms with E-state index in [0.29, 0.717) is 5.69 Å². The van der Waals surface area contributed by atoms with Crippen molar-refractivity contribution < 1.29 is 9.53 Å². The van der Waals surface area contributed by atoms with Gasteiger partial charge in [0.1, 0.15) is 17.1 Å². The van der Waals surface area contributed by atoms with Crippen molar-refractivity contribution in [1.82, 2.24) is 9.88 Å². The maximum absolute atomic E-state index is 12.6. The number of H-pyrrole nitrogens is 1. The van der Waals surface area contributed by atoms with E-state index in [1.54, 1.807) is 7.11 Å². The first-order valence-corrected chi connectivity index (χ1v) is 6.83. The molecule has 5 nitrogen and oxygen atoms in total. The van der Waals surface area contributed by atoms with Gasteiger partial charge in [-0.15, -0.1) is 0 Å². The molecule has 4 rings (SSSR count). The van der Waals surface area contributed by atoms with Crippen molar-refractivity contribution in [3.8, 4) is 5.75 Å². The second-order valence-electron chi connectivity index (χ2n) is 5.25. The summed E-state index contributed by atoms with van der Waals surface area (Å²) in [6.07, 6.45) is 3.95. The van der Waals surface area contributed by atoms with Gasteiger partial charge in [-0.05, 0) is 31.0 Å². The van der Waals surface area contributed by atoms with Crippen molar-refractivity contribution in [3.63, 3.8) is 0 Å². The molecule has 2 aromatic rings. The number of hydrogen-bond donors (Lipinski definition) is 1. The number of hydrogen-bond acceptors (Lipinski definition) is 3. The van der Waals surface area contributed by atoms with Crippen LogP contribution in [0.3, 0.4) is 0 Å². The summed E-state index contributed by atoms with van der Waals surface area (Å²) in [5.74, 6) is 0.821. The van der Waals surface area contributed by atoms with Crippen LogP contribution in [0.4, 0.5) is 5.69 Å². The highest BCUT2D eigenvalue weighted by Gasteiger charge is 2.33. The van der Waals surface area contributed by atoms with Crippen LogP contribution in [0.1, 0.15) is 23.3 Å². The van der Waals surface area contributed by atoms with Crippen molar-refractivity contribution in [3.05, 3.63) is 23.9 Å². The van der Waals surface area contributed by atoms with E-state index < -0.39 is 0 Å². The molecule has 1 aromatic heterocycles. The SMILES string of the molecule is COc1ccc2[nH]c3c(c2c1)N=C[C@@H]1CCCN1C3=O. The Morgan fingerprint density at radius 1 is 1.45 bits per heavy atom. The Balaban J connectivity index is 1.94. The fourth-order valence-corrected chi connectivity index (χ4v) is 3.08. The van der Waals surface area contributed by atoms with Crippen LogP contribution in [0.2, 0.25) is 0 Å². The molecule has 1 fully saturated rings. The zero-order chi connectivity index (χ0) is 13.7. The summed E-state index contributed by atoms with van der Waals surface area (Å²) in [6.45, 7) is 0.813. The normalized spacial score (nSPS) is 20.9. The number of aliphatic imine (C=N–C) groups is 1. The second-order valence-corrected chi connectivity index (χ2v) is 5.25. The van der Waals surface area contributed by atoms with Gasteiger partial charge < -0.3 is 14.6 Å². The van der Waals surface area contributed by atoms with Gasteiger partial charge in [-0.1, -0.05) is 0 Å². The largest absolute Gasteiger partial charge is 0.497 e. The Morgan fingerprint density at radius 3 is 3.20 bits per heavy atom. The first-order chi connectivity index (χ1) is 9.78. The molecule has 2 aliphatic heterocycles. The minimum atomic E-state index is 0.0511. The highest BCUT2D eigenvalue weighted by molar-refractivity contribution is 6.10. The monoisotopic (exact) mass is 269 g/mol. The van der Waals surface area contributed by atoms with Gasteiger partial charge in [0, 0.05) is 23.7 Å². The summed E-state index contributed by atoms with van der Waals surface area (Å²) in [4.78, 5) is 22.3. The molecule has 2 aliphatic rings. The van der Waals surface area contributed by atoms with Crippen molar-refractivity contribution in [2.24, 2.45) is 4.99 Å². The molecule has 5 heteroatoms. The predicted molar refractivity (Wildman–Crippen MR) is 77.1 cm³/mol. The Bertz CT molecular complexity index is 732. The lowest BCUT2D eigenvalue weighted by molar-refractivity contribution is 0.0770. The van der Waals surface area contributed by atoms with Gasteiger partial charge >= 0.3 is 0 Å². The van der Waals surface area contributed by atoms with Crippen LogP contribution in [0.5, 0.6) is 5.75 Å². The molecule has 0 bridgehead atoms. The van der Waals surface area contributed by atoms with E-state index in [-0.39, 0.29) is 11.9 Å². The Labute approximate surface area is 116 Å². The van der Waals surface area contributed by atoms with E-state index in [1.807, 2.05) is 29.3 Å². The van der Waals surface area contributed by atoms with Crippen LogP contribution >= 0.6 is 0 Å². The van der Waals surface area contributed by atoms with Crippen LogP contribution in [0.25, 0.3) is 10.9 Å². The summed E-state index contributed by atoms with van der Waals surface area (Å²) < 4.78 is 5.25. The number of rotatable bonds is 1. The number of benzene rings is 1. The van der Waals surface area contributed by atoms with Gasteiger partial charge in [0.25, 0.3) is 5.91 Å². The van der Waals surface area contributed by atoms with Crippen molar-refractivity contribution >= 4 is 28.7 Å². The third kappa shape index (κ3) is 1.49. The third-order valence-electron chi connectivity index (χ3n) is 4.13. The topological polar surface area (TPSA) is 57.7 Å². The number of carbonyl (C=O) groups is 1. The maximum Gasteiger partial charge on any atom is 0.273 e. The van der Waals surface area contributed by atoms with Crippen molar-refractivity contribution in [1.29, 1.82) is 0 Å². The number of fused-ring (bicyclic) bond motifs is 4. The van der Waals surface area contributed by atoms with E-state index in [1.165, 1.54) is 0 Å². The molecule has 0 spiro atoms. The quantitative estimate of drug-likeness (QED) is 0.864. The fraction of sp³-hybridized carbons (Fsp3) is 0.333. The molecule has 1 N–H and O–H groups in total. The van der Waals surface area contributed by atoms with Gasteiger partial charge in [0.05, 0.1) is 13.2 Å². The maximum atomic E-state index is 12.6. The van der Waals surface area contributed by atoms with E-state index in [2.05, 4.69) is 9.98 Å². The minimum Gasteiger partial charge on any atom is -0.497 e. The average Bonchev–Trinajstić information content (AvgIpc) is 3.05. The molecule has 3 heterocycles. The number of nitrogens with zero attached hydrogens (tertiary/aromatic N) is 2. The molecule has 0 radical (unpaired) electrons. The van der Waals surface area contributed by atoms with Gasteiger partial charge in [0.2, 0.25) is 0 Å². The smallest absolute Gasteiger partial charge is 0.273 e. The molecule has 0 unspecified atom stereocenters. The number of aromatic amines is 1. The van der Waals surface area contributed by atoms with Gasteiger partial charge in [-0.3, -0.25) is 9.79 Å². The Hall–Kier alpha value is -2.30. The Morgan fingerprint density at radius 2 is 2.35 bits per heavy atom. The first kappa shape index (κ1) is 11.5. The molecule has 1 atom stereocenters. The van der Waals surface area contributed by atoms with Gasteiger partial charge in [-0.2, -0.15) is 0 Å². The molecule has 1 aromatic carbocycles. The summed E-state index contributed by atoms with van der Waals surface area (Å²) in [7, 11) is 1.64. The lowest BCUT2D eigenvalue weighted by atomic mass is 10.2. The number of carbonyl (C=O) groups excluding carboxylic acids is 1. The lowest BCUT2D eigenvalue weighted by Crippen LogP contribution is -2.35. The van der Waals surface area contributed by atoms with E-state index >= 15 is 0 Å². The summed E-state index contributed by atoms with van der Waals surface area (Å²) in [5, 5.41) is 0.935. The van der Waals surface area contributed by atoms with Crippen LogP contribution in [0.15, 0.2) is 23.2 Å². The molecule has 0 aliphatic carbocycles. The lowest BCUT2D eigenvalue weighted by Gasteiger charge is -2.18. The molecule has 0 saturated carbocycles. The van der Waals surface area contributed by atoms with Crippen LogP contribution < -0.4 is 4.74 Å². The zero-order valence-corrected chi connectivity index (χ0v) is 11.2. The second kappa shape index (κ2) is 4.10. The molecular weight excluding hydrogens is 254 g/mol. The number of aromatic nitrogens is 1. The highest BCUT2D eigenvalue weighted by atomic mass is 16.5. The minimum absolute atomic E-state index is 0.0511. The molecule has 1 amide bonds. The van der Waals surface area contributed by atoms with Gasteiger partial charge in [0.15, 0.2) is 0 Å². The summed E-state index contributed by atoms with van der Waals surface area (Å²) in [6, 6.07) is 5.87. The Kier molecular flexibility index (Phi) is 2.36. The van der Waals surface area contributed by atoms with Crippen LogP contribution in [-0.2, 0) is 0 Å². The number of amides is 1. The van der Waals surface area contributed by atoms with E-state index in [0.717, 1.165) is 41.7 Å². The van der Waals surface area contributed by atoms with E-state index in [9.17, 15) is 4.79 Å². The van der Waals surface area contributed by atoms with Crippen LogP contribution in [0, 0.1) is 0 Å². The third-order valence-corrected chi connectivity index (χ3v) is 4.13. The predicted octanol–water partition coefficient (Wildman–Crippen LogP) is 2.50. The summed E-state index contributed by atoms with van der Waals surface area (Å²) in [5.41, 5.74) is 2.24. The molecular formula is C15H15N3O2. The van der Waals surface area contributed by atoms with Crippen molar-refractivity contribution in [2.45, 2.75) is 18.9 Å². The first-order valence-electron chi connectivity index (χ1n) is 6.83. The van der Waals surface area contributed by atoms with Crippen molar-refractivity contribution in [2.75, 3.05) is 13.7 Å². The summed E-state index contributed by atoms with van der Waals surface area (Å²) >= 11 is 0. The molecule has 1 saturated heterocycles. The number of ether oxygens (including phenoxy) is 1. The zero-order valence-electron chi connectivity index (χ0n) is 11.2. The highest BCUT2D eigenvalue weighted by Crippen LogP contribution is 2.36. The standard InChI is InChI=1S/C15H15N3O2/c1-20-10-4-5-12-11(7-10)13-14(17-12)15(19)18-6-2-3-9(18)8-16-13/h4-5,7-9,17H,2-3,6H2,1H3/t9-/m0/s1. The molecule has 20 heavy (non-hydrogen) atoms. The van der Waals surface area contributed by atoms with E-state index in [4.69, 9.17) is 4.74 Å². The van der Waals surface area contributed by atoms with Crippen LogP contribution in [-0.4, -0.2) is 41.7 Å². The average molecular weight is 269 g/mol. The fourth-order valence-electron chi connectivity index (χ4n) is 3.08. The van der Waals surface area contributed by atoms with Gasteiger partial charge in [-0.25, -0.2) is 0 Å².